The van der Waals surface area contributed by atoms with E-state index in [4.69, 9.17) is 10.5 Å². The van der Waals surface area contributed by atoms with Crippen molar-refractivity contribution in [3.8, 4) is 0 Å². The summed E-state index contributed by atoms with van der Waals surface area (Å²) >= 11 is 0. The van der Waals surface area contributed by atoms with Crippen molar-refractivity contribution in [2.24, 2.45) is 23.5 Å². The van der Waals surface area contributed by atoms with Gasteiger partial charge in [-0.1, -0.05) is 12.2 Å². The second-order valence-corrected chi connectivity index (χ2v) is 5.58. The molecule has 2 bridgehead atoms. The number of carbonyl (C=O) groups excluding carboxylic acids is 1. The summed E-state index contributed by atoms with van der Waals surface area (Å²) in [5.41, 5.74) is 5.62. The number of hydrogen-bond donors (Lipinski definition) is 1. The first-order chi connectivity index (χ1) is 6.88. The molecule has 3 nitrogen and oxygen atoms in total. The van der Waals surface area contributed by atoms with Crippen molar-refractivity contribution in [3.05, 3.63) is 12.2 Å². The normalized spacial score (nSPS) is 38.4. The van der Waals surface area contributed by atoms with Crippen LogP contribution >= 0.6 is 0 Å². The second kappa shape index (κ2) is 3.34. The van der Waals surface area contributed by atoms with Crippen LogP contribution in [0, 0.1) is 17.8 Å². The fourth-order valence-electron chi connectivity index (χ4n) is 2.56. The number of hydrogen-bond acceptors (Lipinski definition) is 3. The summed E-state index contributed by atoms with van der Waals surface area (Å²) in [5, 5.41) is 0. The van der Waals surface area contributed by atoms with Gasteiger partial charge in [-0.25, -0.2) is 0 Å². The number of rotatable bonds is 1. The molecule has 0 amide bonds. The Hall–Kier alpha value is -0.830. The lowest BCUT2D eigenvalue weighted by Gasteiger charge is -2.27. The molecule has 0 saturated heterocycles. The Labute approximate surface area is 90.7 Å². The molecule has 4 atom stereocenters. The van der Waals surface area contributed by atoms with Crippen molar-refractivity contribution in [2.75, 3.05) is 0 Å². The lowest BCUT2D eigenvalue weighted by Crippen LogP contribution is -2.41. The molecule has 0 aromatic carbocycles. The van der Waals surface area contributed by atoms with E-state index in [0.29, 0.717) is 11.8 Å². The molecule has 0 radical (unpaired) electrons. The van der Waals surface area contributed by atoms with E-state index in [1.807, 2.05) is 20.8 Å². The van der Waals surface area contributed by atoms with Gasteiger partial charge in [0.25, 0.3) is 0 Å². The standard InChI is InChI=1S/C12H19NO2/c1-12(2,3)15-11(14)9-7-4-5-8(6-7)10(9)13/h4-5,7-10H,6,13H2,1-3H3/t7?,8?,9-,10-/m0/s1. The molecule has 0 aromatic rings. The van der Waals surface area contributed by atoms with Gasteiger partial charge in [0.05, 0.1) is 5.92 Å². The molecule has 2 rings (SSSR count). The maximum absolute atomic E-state index is 11.9. The van der Waals surface area contributed by atoms with Gasteiger partial charge in [-0.15, -0.1) is 0 Å². The fraction of sp³-hybridized carbons (Fsp3) is 0.750. The first kappa shape index (κ1) is 10.7. The quantitative estimate of drug-likeness (QED) is 0.525. The van der Waals surface area contributed by atoms with Crippen LogP contribution in [0.1, 0.15) is 27.2 Å². The average Bonchev–Trinajstić information content (AvgIpc) is 2.59. The first-order valence-electron chi connectivity index (χ1n) is 5.55. The smallest absolute Gasteiger partial charge is 0.311 e. The third-order valence-corrected chi connectivity index (χ3v) is 3.20. The first-order valence-corrected chi connectivity index (χ1v) is 5.55. The number of carbonyl (C=O) groups is 1. The minimum Gasteiger partial charge on any atom is -0.460 e. The molecule has 15 heavy (non-hydrogen) atoms. The van der Waals surface area contributed by atoms with Gasteiger partial charge >= 0.3 is 5.97 Å². The number of fused-ring (bicyclic) bond motifs is 2. The number of esters is 1. The van der Waals surface area contributed by atoms with Crippen LogP contribution in [0.15, 0.2) is 12.2 Å². The number of ether oxygens (including phenoxy) is 1. The van der Waals surface area contributed by atoms with Crippen molar-refractivity contribution in [1.29, 1.82) is 0 Å². The Morgan fingerprint density at radius 2 is 1.93 bits per heavy atom. The molecule has 0 spiro atoms. The van der Waals surface area contributed by atoms with Crippen molar-refractivity contribution in [3.63, 3.8) is 0 Å². The van der Waals surface area contributed by atoms with Gasteiger partial charge in [-0.2, -0.15) is 0 Å². The molecule has 0 aliphatic heterocycles. The van der Waals surface area contributed by atoms with Gasteiger partial charge in [-0.3, -0.25) is 4.79 Å². The van der Waals surface area contributed by atoms with Gasteiger partial charge in [0.1, 0.15) is 5.60 Å². The Balaban J connectivity index is 2.06. The molecule has 84 valence electrons. The average molecular weight is 209 g/mol. The maximum atomic E-state index is 11.9. The molecule has 1 fully saturated rings. The second-order valence-electron chi connectivity index (χ2n) is 5.58. The van der Waals surface area contributed by atoms with Crippen molar-refractivity contribution >= 4 is 5.97 Å². The van der Waals surface area contributed by atoms with Gasteiger partial charge in [0, 0.05) is 6.04 Å². The summed E-state index contributed by atoms with van der Waals surface area (Å²) in [5.74, 6) is 0.429. The Morgan fingerprint density at radius 1 is 1.33 bits per heavy atom. The molecule has 0 heterocycles. The summed E-state index contributed by atoms with van der Waals surface area (Å²) < 4.78 is 5.39. The zero-order valence-corrected chi connectivity index (χ0v) is 9.57. The highest BCUT2D eigenvalue weighted by Gasteiger charge is 2.47. The summed E-state index contributed by atoms with van der Waals surface area (Å²) in [6.07, 6.45) is 5.27. The summed E-state index contributed by atoms with van der Waals surface area (Å²) in [6, 6.07) is -0.0464. The van der Waals surface area contributed by atoms with E-state index < -0.39 is 5.60 Å². The summed E-state index contributed by atoms with van der Waals surface area (Å²) in [4.78, 5) is 11.9. The van der Waals surface area contributed by atoms with E-state index in [1.165, 1.54) is 0 Å². The molecule has 2 unspecified atom stereocenters. The molecule has 1 saturated carbocycles. The van der Waals surface area contributed by atoms with Crippen LogP contribution < -0.4 is 5.73 Å². The van der Waals surface area contributed by atoms with E-state index >= 15 is 0 Å². The summed E-state index contributed by atoms with van der Waals surface area (Å²) in [7, 11) is 0. The molecule has 2 aliphatic rings. The molecule has 2 N–H and O–H groups in total. The van der Waals surface area contributed by atoms with Crippen LogP contribution in [-0.2, 0) is 9.53 Å². The highest BCUT2D eigenvalue weighted by molar-refractivity contribution is 5.75. The monoisotopic (exact) mass is 209 g/mol. The SMILES string of the molecule is CC(C)(C)OC(=O)[C@H]1C2C=CC(C2)[C@@H]1N. The van der Waals surface area contributed by atoms with Crippen LogP contribution in [0.5, 0.6) is 0 Å². The minimum absolute atomic E-state index is 0.0464. The third-order valence-electron chi connectivity index (χ3n) is 3.20. The molecule has 2 aliphatic carbocycles. The lowest BCUT2D eigenvalue weighted by molar-refractivity contribution is -0.161. The van der Waals surface area contributed by atoms with Crippen molar-refractivity contribution < 1.29 is 9.53 Å². The highest BCUT2D eigenvalue weighted by atomic mass is 16.6. The van der Waals surface area contributed by atoms with E-state index in [2.05, 4.69) is 12.2 Å². The minimum atomic E-state index is -0.414. The Kier molecular flexibility index (Phi) is 2.38. The van der Waals surface area contributed by atoms with Gasteiger partial charge < -0.3 is 10.5 Å². The zero-order chi connectivity index (χ0) is 11.2. The predicted octanol–water partition coefficient (Wildman–Crippen LogP) is 1.48. The fourth-order valence-corrected chi connectivity index (χ4v) is 2.56. The van der Waals surface area contributed by atoms with E-state index in [9.17, 15) is 4.79 Å². The third kappa shape index (κ3) is 1.93. The van der Waals surface area contributed by atoms with Crippen molar-refractivity contribution in [1.82, 2.24) is 0 Å². The molecule has 3 heteroatoms. The topological polar surface area (TPSA) is 52.3 Å². The predicted molar refractivity (Wildman–Crippen MR) is 58.0 cm³/mol. The Morgan fingerprint density at radius 3 is 2.40 bits per heavy atom. The van der Waals surface area contributed by atoms with Gasteiger partial charge in [0.2, 0.25) is 0 Å². The molecular weight excluding hydrogens is 190 g/mol. The maximum Gasteiger partial charge on any atom is 0.311 e. The van der Waals surface area contributed by atoms with E-state index in [-0.39, 0.29) is 17.9 Å². The van der Waals surface area contributed by atoms with E-state index in [0.717, 1.165) is 6.42 Å². The van der Waals surface area contributed by atoms with Crippen LogP contribution in [-0.4, -0.2) is 17.6 Å². The molecule has 0 aromatic heterocycles. The van der Waals surface area contributed by atoms with Crippen LogP contribution in [0.4, 0.5) is 0 Å². The van der Waals surface area contributed by atoms with Gasteiger partial charge in [0.15, 0.2) is 0 Å². The highest BCUT2D eigenvalue weighted by Crippen LogP contribution is 2.43. The van der Waals surface area contributed by atoms with Gasteiger partial charge in [-0.05, 0) is 39.0 Å². The van der Waals surface area contributed by atoms with Crippen LogP contribution in [0.2, 0.25) is 0 Å². The van der Waals surface area contributed by atoms with E-state index in [1.54, 1.807) is 0 Å². The Bertz CT molecular complexity index is 303. The zero-order valence-electron chi connectivity index (χ0n) is 9.57. The largest absolute Gasteiger partial charge is 0.460 e. The molecular formula is C12H19NO2. The van der Waals surface area contributed by atoms with Crippen molar-refractivity contribution in [2.45, 2.75) is 38.8 Å². The lowest BCUT2D eigenvalue weighted by atomic mass is 9.89. The van der Waals surface area contributed by atoms with Crippen LogP contribution in [0.25, 0.3) is 0 Å². The summed E-state index contributed by atoms with van der Waals surface area (Å²) in [6.45, 7) is 5.67. The number of nitrogens with two attached hydrogens (primary N) is 1. The number of allylic oxidation sites excluding steroid dienone is 1. The van der Waals surface area contributed by atoms with Crippen LogP contribution in [0.3, 0.4) is 0 Å².